The van der Waals surface area contributed by atoms with E-state index >= 15 is 0 Å². The first-order valence-electron chi connectivity index (χ1n) is 9.66. The average Bonchev–Trinajstić information content (AvgIpc) is 3.07. The summed E-state index contributed by atoms with van der Waals surface area (Å²) >= 11 is 6.08. The molecule has 1 atom stereocenters. The lowest BCUT2D eigenvalue weighted by Crippen LogP contribution is -2.42. The summed E-state index contributed by atoms with van der Waals surface area (Å²) in [5.74, 6) is -1.32. The highest BCUT2D eigenvalue weighted by Gasteiger charge is 2.22. The molecule has 6 nitrogen and oxygen atoms in total. The van der Waals surface area contributed by atoms with Crippen LogP contribution < -0.4 is 15.5 Å². The fraction of sp³-hybridized carbons (Fsp3) is 0.364. The van der Waals surface area contributed by atoms with Crippen molar-refractivity contribution in [3.63, 3.8) is 0 Å². The molecule has 0 saturated carbocycles. The van der Waals surface area contributed by atoms with Crippen LogP contribution in [0.3, 0.4) is 0 Å². The van der Waals surface area contributed by atoms with Crippen LogP contribution in [0, 0.1) is 0 Å². The van der Waals surface area contributed by atoms with Gasteiger partial charge in [-0.3, -0.25) is 9.59 Å². The number of nitrogens with zero attached hydrogens (tertiary/aromatic N) is 2. The zero-order valence-electron chi connectivity index (χ0n) is 17.0. The lowest BCUT2D eigenvalue weighted by Gasteiger charge is -2.26. The molecule has 0 fully saturated rings. The molecule has 2 N–H and O–H groups in total. The van der Waals surface area contributed by atoms with Crippen molar-refractivity contribution in [2.75, 3.05) is 39.1 Å². The second-order valence-electron chi connectivity index (χ2n) is 7.52. The number of hydrogen-bond donors (Lipinski definition) is 2. The number of nitrogens with one attached hydrogen (secondary N) is 2. The van der Waals surface area contributed by atoms with Crippen LogP contribution >= 0.6 is 11.6 Å². The summed E-state index contributed by atoms with van der Waals surface area (Å²) in [7, 11) is 6.03. The monoisotopic (exact) mass is 414 g/mol. The number of likely N-dealkylation sites (N-methyl/N-ethyl adjacent to an activating group) is 2. The van der Waals surface area contributed by atoms with Gasteiger partial charge in [0.1, 0.15) is 0 Å². The highest BCUT2D eigenvalue weighted by Crippen LogP contribution is 2.30. The predicted molar refractivity (Wildman–Crippen MR) is 116 cm³/mol. The summed E-state index contributed by atoms with van der Waals surface area (Å²) in [6.45, 7) is 1.58. The average molecular weight is 415 g/mol. The van der Waals surface area contributed by atoms with Gasteiger partial charge in [-0.1, -0.05) is 41.9 Å². The maximum absolute atomic E-state index is 12.3. The summed E-state index contributed by atoms with van der Waals surface area (Å²) in [4.78, 5) is 28.7. The van der Waals surface area contributed by atoms with Gasteiger partial charge in [0.2, 0.25) is 0 Å². The molecule has 0 spiro atoms. The van der Waals surface area contributed by atoms with Gasteiger partial charge >= 0.3 is 11.8 Å². The molecule has 0 bridgehead atoms. The summed E-state index contributed by atoms with van der Waals surface area (Å²) in [6.07, 6.45) is 1.02. The van der Waals surface area contributed by atoms with Gasteiger partial charge in [0, 0.05) is 37.4 Å². The summed E-state index contributed by atoms with van der Waals surface area (Å²) in [5.41, 5.74) is 4.47. The zero-order chi connectivity index (χ0) is 21.0. The summed E-state index contributed by atoms with van der Waals surface area (Å²) < 4.78 is 0. The first-order valence-corrected chi connectivity index (χ1v) is 10.0. The van der Waals surface area contributed by atoms with Gasteiger partial charge in [0.25, 0.3) is 0 Å². The van der Waals surface area contributed by atoms with Crippen LogP contribution in [0.4, 0.5) is 5.69 Å². The predicted octanol–water partition coefficient (Wildman–Crippen LogP) is 2.37. The normalized spacial score (nSPS) is 13.9. The molecule has 1 unspecified atom stereocenters. The number of anilines is 1. The Labute approximate surface area is 176 Å². The molecule has 29 heavy (non-hydrogen) atoms. The van der Waals surface area contributed by atoms with Crippen LogP contribution in [0.25, 0.3) is 0 Å². The highest BCUT2D eigenvalue weighted by molar-refractivity contribution is 6.35. The van der Waals surface area contributed by atoms with Crippen molar-refractivity contribution in [3.8, 4) is 0 Å². The molecule has 7 heteroatoms. The Morgan fingerprint density at radius 1 is 1.14 bits per heavy atom. The molecule has 1 aliphatic heterocycles. The number of benzene rings is 2. The van der Waals surface area contributed by atoms with E-state index in [1.54, 1.807) is 6.07 Å². The number of carbonyl (C=O) groups is 2. The molecule has 1 heterocycles. The van der Waals surface area contributed by atoms with E-state index < -0.39 is 11.8 Å². The Morgan fingerprint density at radius 3 is 2.59 bits per heavy atom. The first kappa shape index (κ1) is 21.1. The van der Waals surface area contributed by atoms with Gasteiger partial charge in [0.05, 0.1) is 6.04 Å². The number of fused-ring (bicyclic) bond motifs is 1. The minimum atomic E-state index is -0.669. The van der Waals surface area contributed by atoms with Crippen LogP contribution in [-0.4, -0.2) is 50.9 Å². The van der Waals surface area contributed by atoms with Gasteiger partial charge in [-0.25, -0.2) is 0 Å². The van der Waals surface area contributed by atoms with Gasteiger partial charge in [-0.15, -0.1) is 0 Å². The lowest BCUT2D eigenvalue weighted by atomic mass is 10.0. The van der Waals surface area contributed by atoms with Crippen molar-refractivity contribution in [3.05, 3.63) is 64.2 Å². The van der Waals surface area contributed by atoms with Crippen LogP contribution in [0.15, 0.2) is 42.5 Å². The van der Waals surface area contributed by atoms with Crippen molar-refractivity contribution in [2.45, 2.75) is 19.0 Å². The molecule has 0 saturated heterocycles. The molecule has 1 aliphatic rings. The third-order valence-electron chi connectivity index (χ3n) is 5.30. The number of amides is 2. The van der Waals surface area contributed by atoms with Crippen LogP contribution in [0.5, 0.6) is 0 Å². The van der Waals surface area contributed by atoms with E-state index in [0.717, 1.165) is 24.1 Å². The maximum Gasteiger partial charge on any atom is 0.309 e. The minimum absolute atomic E-state index is 0.0217. The van der Waals surface area contributed by atoms with E-state index in [2.05, 4.69) is 40.8 Å². The standard InChI is InChI=1S/C22H27ClN4O2/c1-26(2)20(15-8-9-19-16(12-15)10-11-27(19)3)14-25-22(29)21(28)24-13-17-6-4-5-7-18(17)23/h4-9,12,20H,10-11,13-14H2,1-3H3,(H,24,28)(H,25,29). The Kier molecular flexibility index (Phi) is 6.77. The Hall–Kier alpha value is -2.57. The Balaban J connectivity index is 1.58. The van der Waals surface area contributed by atoms with E-state index in [1.807, 2.05) is 37.2 Å². The topological polar surface area (TPSA) is 64.7 Å². The van der Waals surface area contributed by atoms with E-state index in [-0.39, 0.29) is 12.6 Å². The molecular weight excluding hydrogens is 388 g/mol. The Bertz CT molecular complexity index is 900. The smallest absolute Gasteiger partial charge is 0.309 e. The highest BCUT2D eigenvalue weighted by atomic mass is 35.5. The maximum atomic E-state index is 12.3. The third-order valence-corrected chi connectivity index (χ3v) is 5.67. The first-order chi connectivity index (χ1) is 13.9. The lowest BCUT2D eigenvalue weighted by molar-refractivity contribution is -0.139. The molecule has 0 radical (unpaired) electrons. The summed E-state index contributed by atoms with van der Waals surface area (Å²) in [5, 5.41) is 5.93. The van der Waals surface area contributed by atoms with Gasteiger partial charge in [-0.05, 0) is 49.3 Å². The SMILES string of the molecule is CN1CCc2cc(C(CNC(=O)C(=O)NCc3ccccc3Cl)N(C)C)ccc21. The molecule has 154 valence electrons. The summed E-state index contributed by atoms with van der Waals surface area (Å²) in [6, 6.07) is 13.6. The number of halogens is 1. The number of carbonyl (C=O) groups excluding carboxylic acids is 2. The van der Waals surface area contributed by atoms with E-state index in [9.17, 15) is 9.59 Å². The van der Waals surface area contributed by atoms with Crippen molar-refractivity contribution in [1.82, 2.24) is 15.5 Å². The molecule has 2 aromatic carbocycles. The molecule has 2 amide bonds. The quantitative estimate of drug-likeness (QED) is 0.712. The molecule has 0 aliphatic carbocycles. The third kappa shape index (κ3) is 5.08. The fourth-order valence-corrected chi connectivity index (χ4v) is 3.76. The minimum Gasteiger partial charge on any atom is -0.374 e. The van der Waals surface area contributed by atoms with Crippen molar-refractivity contribution >= 4 is 29.1 Å². The van der Waals surface area contributed by atoms with Crippen LogP contribution in [-0.2, 0) is 22.6 Å². The second kappa shape index (κ2) is 9.29. The van der Waals surface area contributed by atoms with Crippen LogP contribution in [0.1, 0.15) is 22.7 Å². The van der Waals surface area contributed by atoms with E-state index in [1.165, 1.54) is 11.3 Å². The van der Waals surface area contributed by atoms with Gasteiger partial charge < -0.3 is 20.4 Å². The molecule has 3 rings (SSSR count). The van der Waals surface area contributed by atoms with Crippen molar-refractivity contribution in [2.24, 2.45) is 0 Å². The van der Waals surface area contributed by atoms with Crippen LogP contribution in [0.2, 0.25) is 5.02 Å². The molecule has 2 aromatic rings. The van der Waals surface area contributed by atoms with E-state index in [0.29, 0.717) is 11.6 Å². The second-order valence-corrected chi connectivity index (χ2v) is 7.93. The van der Waals surface area contributed by atoms with E-state index in [4.69, 9.17) is 11.6 Å². The van der Waals surface area contributed by atoms with Crippen molar-refractivity contribution in [1.29, 1.82) is 0 Å². The fourth-order valence-electron chi connectivity index (χ4n) is 3.56. The van der Waals surface area contributed by atoms with Gasteiger partial charge in [0.15, 0.2) is 0 Å². The molecule has 0 aromatic heterocycles. The van der Waals surface area contributed by atoms with Crippen molar-refractivity contribution < 1.29 is 9.59 Å². The molecular formula is C22H27ClN4O2. The number of hydrogen-bond acceptors (Lipinski definition) is 4. The zero-order valence-corrected chi connectivity index (χ0v) is 17.8. The largest absolute Gasteiger partial charge is 0.374 e. The Morgan fingerprint density at radius 2 is 1.86 bits per heavy atom. The van der Waals surface area contributed by atoms with Gasteiger partial charge in [-0.2, -0.15) is 0 Å². The number of rotatable bonds is 6.